The minimum atomic E-state index is -0.281. The summed E-state index contributed by atoms with van der Waals surface area (Å²) in [4.78, 5) is 16.5. The first-order valence-electron chi connectivity index (χ1n) is 7.64. The van der Waals surface area contributed by atoms with Crippen LogP contribution in [-0.4, -0.2) is 10.9 Å². The third-order valence-corrected chi connectivity index (χ3v) is 4.44. The summed E-state index contributed by atoms with van der Waals surface area (Å²) in [7, 11) is 0. The van der Waals surface area contributed by atoms with Crippen molar-refractivity contribution >= 4 is 22.9 Å². The normalized spacial score (nSPS) is 10.2. The molecular formula is C19H14FN3OS. The SMILES string of the molecule is N#Cc1cccc(NC(=O)CCc2nc(-c3ccc(F)cc3)cs2)c1. The molecule has 1 heterocycles. The van der Waals surface area contributed by atoms with Gasteiger partial charge in [-0.2, -0.15) is 5.26 Å². The van der Waals surface area contributed by atoms with Crippen molar-refractivity contribution in [3.05, 3.63) is 70.3 Å². The fourth-order valence-corrected chi connectivity index (χ4v) is 3.10. The van der Waals surface area contributed by atoms with Crippen LogP contribution in [-0.2, 0) is 11.2 Å². The monoisotopic (exact) mass is 351 g/mol. The standard InChI is InChI=1S/C19H14FN3OS/c20-15-6-4-14(5-7-15)17-12-25-19(23-17)9-8-18(24)22-16-3-1-2-13(10-16)11-21/h1-7,10,12H,8-9H2,(H,22,24). The maximum atomic E-state index is 13.0. The van der Waals surface area contributed by atoms with Gasteiger partial charge in [0, 0.05) is 29.5 Å². The number of hydrogen-bond acceptors (Lipinski definition) is 4. The van der Waals surface area contributed by atoms with Gasteiger partial charge in [0.1, 0.15) is 5.82 Å². The maximum Gasteiger partial charge on any atom is 0.224 e. The highest BCUT2D eigenvalue weighted by atomic mass is 32.1. The van der Waals surface area contributed by atoms with Crippen LogP contribution in [0, 0.1) is 17.1 Å². The third kappa shape index (κ3) is 4.49. The quantitative estimate of drug-likeness (QED) is 0.741. The summed E-state index contributed by atoms with van der Waals surface area (Å²) in [6.45, 7) is 0. The van der Waals surface area contributed by atoms with Crippen LogP contribution in [0.4, 0.5) is 10.1 Å². The summed E-state index contributed by atoms with van der Waals surface area (Å²) in [5, 5.41) is 14.4. The Bertz CT molecular complexity index is 928. The minimum Gasteiger partial charge on any atom is -0.326 e. The van der Waals surface area contributed by atoms with Crippen molar-refractivity contribution in [2.75, 3.05) is 5.32 Å². The van der Waals surface area contributed by atoms with Crippen molar-refractivity contribution < 1.29 is 9.18 Å². The molecule has 6 heteroatoms. The van der Waals surface area contributed by atoms with E-state index in [1.807, 2.05) is 11.4 Å². The first kappa shape index (κ1) is 16.8. The second kappa shape index (κ2) is 7.69. The number of anilines is 1. The number of nitriles is 1. The number of halogens is 1. The molecule has 0 spiro atoms. The van der Waals surface area contributed by atoms with Gasteiger partial charge in [0.2, 0.25) is 5.91 Å². The van der Waals surface area contributed by atoms with Gasteiger partial charge in [-0.15, -0.1) is 11.3 Å². The van der Waals surface area contributed by atoms with E-state index in [2.05, 4.69) is 10.3 Å². The molecule has 2 aromatic carbocycles. The summed E-state index contributed by atoms with van der Waals surface area (Å²) in [6.07, 6.45) is 0.822. The Labute approximate surface area is 148 Å². The molecule has 1 amide bonds. The van der Waals surface area contributed by atoms with Gasteiger partial charge in [0.15, 0.2) is 0 Å². The summed E-state index contributed by atoms with van der Waals surface area (Å²) >= 11 is 1.48. The predicted octanol–water partition coefficient (Wildman–Crippen LogP) is 4.39. The lowest BCUT2D eigenvalue weighted by Crippen LogP contribution is -2.12. The van der Waals surface area contributed by atoms with Crippen molar-refractivity contribution in [3.63, 3.8) is 0 Å². The van der Waals surface area contributed by atoms with Crippen LogP contribution in [0.3, 0.4) is 0 Å². The van der Waals surface area contributed by atoms with Gasteiger partial charge in [0.05, 0.1) is 22.3 Å². The molecule has 25 heavy (non-hydrogen) atoms. The Kier molecular flexibility index (Phi) is 5.17. The number of carbonyl (C=O) groups is 1. The molecule has 124 valence electrons. The molecule has 3 rings (SSSR count). The van der Waals surface area contributed by atoms with E-state index in [-0.39, 0.29) is 11.7 Å². The van der Waals surface area contributed by atoms with E-state index in [0.29, 0.717) is 24.1 Å². The smallest absolute Gasteiger partial charge is 0.224 e. The lowest BCUT2D eigenvalue weighted by Gasteiger charge is -2.04. The highest BCUT2D eigenvalue weighted by Crippen LogP contribution is 2.23. The van der Waals surface area contributed by atoms with Gasteiger partial charge in [0.25, 0.3) is 0 Å². The van der Waals surface area contributed by atoms with E-state index in [1.165, 1.54) is 23.5 Å². The number of benzene rings is 2. The molecule has 1 aromatic heterocycles. The number of nitrogens with zero attached hydrogens (tertiary/aromatic N) is 2. The molecule has 0 aliphatic carbocycles. The van der Waals surface area contributed by atoms with Gasteiger partial charge >= 0.3 is 0 Å². The summed E-state index contributed by atoms with van der Waals surface area (Å²) in [6, 6.07) is 15.0. The van der Waals surface area contributed by atoms with E-state index < -0.39 is 0 Å². The van der Waals surface area contributed by atoms with E-state index in [1.54, 1.807) is 36.4 Å². The van der Waals surface area contributed by atoms with Crippen LogP contribution in [0.25, 0.3) is 11.3 Å². The summed E-state index contributed by atoms with van der Waals surface area (Å²) in [5.41, 5.74) is 2.74. The number of rotatable bonds is 5. The topological polar surface area (TPSA) is 65.8 Å². The van der Waals surface area contributed by atoms with Crippen molar-refractivity contribution in [1.82, 2.24) is 4.98 Å². The second-order valence-corrected chi connectivity index (χ2v) is 6.32. The third-order valence-electron chi connectivity index (χ3n) is 3.53. The van der Waals surface area contributed by atoms with Crippen molar-refractivity contribution in [2.24, 2.45) is 0 Å². The Morgan fingerprint density at radius 2 is 2.04 bits per heavy atom. The van der Waals surface area contributed by atoms with Gasteiger partial charge in [-0.1, -0.05) is 6.07 Å². The van der Waals surface area contributed by atoms with Crippen LogP contribution >= 0.6 is 11.3 Å². The first-order valence-corrected chi connectivity index (χ1v) is 8.52. The highest BCUT2D eigenvalue weighted by Gasteiger charge is 2.08. The first-order chi connectivity index (χ1) is 12.1. The molecule has 0 saturated heterocycles. The molecular weight excluding hydrogens is 337 g/mol. The summed E-state index contributed by atoms with van der Waals surface area (Å²) in [5.74, 6) is -0.412. The Hall–Kier alpha value is -3.04. The molecule has 0 aliphatic rings. The number of aromatic nitrogens is 1. The van der Waals surface area contributed by atoms with Crippen molar-refractivity contribution in [2.45, 2.75) is 12.8 Å². The van der Waals surface area contributed by atoms with Gasteiger partial charge in [-0.3, -0.25) is 4.79 Å². The zero-order valence-electron chi connectivity index (χ0n) is 13.2. The van der Waals surface area contributed by atoms with Gasteiger partial charge < -0.3 is 5.32 Å². The van der Waals surface area contributed by atoms with Crippen molar-refractivity contribution in [1.29, 1.82) is 5.26 Å². The molecule has 1 N–H and O–H groups in total. The lowest BCUT2D eigenvalue weighted by molar-refractivity contribution is -0.116. The van der Waals surface area contributed by atoms with Crippen LogP contribution in [0.1, 0.15) is 17.0 Å². The zero-order valence-corrected chi connectivity index (χ0v) is 14.0. The number of carbonyl (C=O) groups excluding carboxylic acids is 1. The van der Waals surface area contributed by atoms with Crippen molar-refractivity contribution in [3.8, 4) is 17.3 Å². The van der Waals surface area contributed by atoms with Crippen LogP contribution in [0.15, 0.2) is 53.9 Å². The molecule has 0 aliphatic heterocycles. The average Bonchev–Trinajstić information content (AvgIpc) is 3.10. The molecule has 4 nitrogen and oxygen atoms in total. The molecule has 3 aromatic rings. The number of nitrogens with one attached hydrogen (secondary N) is 1. The molecule has 0 atom stereocenters. The number of aryl methyl sites for hydroxylation is 1. The van der Waals surface area contributed by atoms with E-state index in [4.69, 9.17) is 5.26 Å². The van der Waals surface area contributed by atoms with Crippen LogP contribution in [0.5, 0.6) is 0 Å². The Morgan fingerprint density at radius 1 is 1.24 bits per heavy atom. The number of thiazole rings is 1. The maximum absolute atomic E-state index is 13.0. The number of amides is 1. The van der Waals surface area contributed by atoms with E-state index in [0.717, 1.165) is 16.3 Å². The van der Waals surface area contributed by atoms with Crippen LogP contribution < -0.4 is 5.32 Å². The average molecular weight is 351 g/mol. The molecule has 0 bridgehead atoms. The summed E-state index contributed by atoms with van der Waals surface area (Å²) < 4.78 is 13.0. The number of hydrogen-bond donors (Lipinski definition) is 1. The van der Waals surface area contributed by atoms with Crippen LogP contribution in [0.2, 0.25) is 0 Å². The Balaban J connectivity index is 1.57. The predicted molar refractivity (Wildman–Crippen MR) is 95.6 cm³/mol. The minimum absolute atomic E-state index is 0.131. The van der Waals surface area contributed by atoms with Gasteiger partial charge in [-0.25, -0.2) is 9.37 Å². The molecule has 0 unspecified atom stereocenters. The molecule has 0 radical (unpaired) electrons. The molecule has 0 saturated carbocycles. The van der Waals surface area contributed by atoms with E-state index in [9.17, 15) is 9.18 Å². The van der Waals surface area contributed by atoms with Gasteiger partial charge in [-0.05, 0) is 42.5 Å². The fourth-order valence-electron chi connectivity index (χ4n) is 2.29. The zero-order chi connectivity index (χ0) is 17.6. The Morgan fingerprint density at radius 3 is 2.80 bits per heavy atom. The largest absolute Gasteiger partial charge is 0.326 e. The van der Waals surface area contributed by atoms with E-state index >= 15 is 0 Å². The lowest BCUT2D eigenvalue weighted by atomic mass is 10.2. The fraction of sp³-hybridized carbons (Fsp3) is 0.105. The molecule has 0 fully saturated rings. The highest BCUT2D eigenvalue weighted by molar-refractivity contribution is 7.09. The second-order valence-electron chi connectivity index (χ2n) is 5.37.